The van der Waals surface area contributed by atoms with Crippen molar-refractivity contribution in [2.75, 3.05) is 5.73 Å². The van der Waals surface area contributed by atoms with Gasteiger partial charge in [-0.05, 0) is 12.5 Å². The van der Waals surface area contributed by atoms with Gasteiger partial charge in [-0.3, -0.25) is 25.3 Å². The number of aromatic amines is 1. The van der Waals surface area contributed by atoms with Gasteiger partial charge >= 0.3 is 0 Å². The smallest absolute Gasteiger partial charge is 0.271 e. The summed E-state index contributed by atoms with van der Waals surface area (Å²) in [5, 5.41) is 28.3. The van der Waals surface area contributed by atoms with Crippen LogP contribution in [0, 0.1) is 27.2 Å². The van der Waals surface area contributed by atoms with E-state index in [0.717, 1.165) is 0 Å². The highest BCUT2D eigenvalue weighted by Gasteiger charge is 2.11. The number of anilines is 1. The monoisotopic (exact) mass is 383 g/mol. The second kappa shape index (κ2) is 7.32. The van der Waals surface area contributed by atoms with Crippen LogP contribution in [-0.2, 0) is 0 Å². The largest absolute Gasteiger partial charge is 0.397 e. The van der Waals surface area contributed by atoms with Crippen molar-refractivity contribution in [2.24, 2.45) is 0 Å². The molecule has 11 heteroatoms. The number of aryl methyl sites for hydroxylation is 1. The van der Waals surface area contributed by atoms with E-state index in [1.165, 1.54) is 30.5 Å². The second-order valence-corrected chi connectivity index (χ2v) is 5.75. The minimum atomic E-state index is -0.502. The number of rotatable bonds is 2. The third-order valence-electron chi connectivity index (χ3n) is 3.23. The molecule has 9 nitrogen and oxygen atoms in total. The summed E-state index contributed by atoms with van der Waals surface area (Å²) >= 11 is 11.4. The molecular formula is C14H11Cl2N5O4. The molecule has 3 rings (SSSR count). The fourth-order valence-corrected chi connectivity index (χ4v) is 2.47. The van der Waals surface area contributed by atoms with Crippen LogP contribution < -0.4 is 5.73 Å². The summed E-state index contributed by atoms with van der Waals surface area (Å²) in [6.07, 6.45) is 1.49. The van der Waals surface area contributed by atoms with E-state index in [2.05, 4.69) is 10.2 Å². The summed E-state index contributed by atoms with van der Waals surface area (Å²) in [5.41, 5.74) is 7.06. The number of benzene rings is 2. The van der Waals surface area contributed by atoms with Gasteiger partial charge in [0, 0.05) is 29.7 Å². The van der Waals surface area contributed by atoms with E-state index in [0.29, 0.717) is 27.2 Å². The topological polar surface area (TPSA) is 141 Å². The maximum absolute atomic E-state index is 10.4. The Hall–Kier alpha value is -2.91. The first kappa shape index (κ1) is 18.4. The van der Waals surface area contributed by atoms with Gasteiger partial charge in [0.15, 0.2) is 0 Å². The zero-order valence-corrected chi connectivity index (χ0v) is 14.2. The van der Waals surface area contributed by atoms with E-state index >= 15 is 0 Å². The molecule has 0 saturated carbocycles. The molecule has 3 aromatic rings. The summed E-state index contributed by atoms with van der Waals surface area (Å²) in [6.45, 7) is 1.67. The van der Waals surface area contributed by atoms with Crippen LogP contribution in [0.4, 0.5) is 17.1 Å². The maximum atomic E-state index is 10.4. The van der Waals surface area contributed by atoms with Crippen molar-refractivity contribution in [3.8, 4) is 0 Å². The van der Waals surface area contributed by atoms with Gasteiger partial charge in [0.1, 0.15) is 0 Å². The van der Waals surface area contributed by atoms with Gasteiger partial charge in [-0.2, -0.15) is 5.10 Å². The van der Waals surface area contributed by atoms with Crippen LogP contribution in [0.3, 0.4) is 0 Å². The molecule has 0 amide bonds. The van der Waals surface area contributed by atoms with E-state index in [4.69, 9.17) is 28.9 Å². The number of hydrogen-bond donors (Lipinski definition) is 2. The van der Waals surface area contributed by atoms with E-state index in [-0.39, 0.29) is 16.4 Å². The molecule has 3 N–H and O–H groups in total. The molecule has 1 heterocycles. The molecule has 0 radical (unpaired) electrons. The number of H-pyrrole nitrogens is 1. The van der Waals surface area contributed by atoms with Crippen molar-refractivity contribution in [1.29, 1.82) is 0 Å². The van der Waals surface area contributed by atoms with E-state index in [1.807, 2.05) is 0 Å². The van der Waals surface area contributed by atoms with Crippen LogP contribution in [0.1, 0.15) is 5.56 Å². The number of fused-ring (bicyclic) bond motifs is 1. The van der Waals surface area contributed by atoms with Crippen molar-refractivity contribution < 1.29 is 9.85 Å². The lowest BCUT2D eigenvalue weighted by atomic mass is 10.2. The highest BCUT2D eigenvalue weighted by molar-refractivity contribution is 6.35. The van der Waals surface area contributed by atoms with Crippen molar-refractivity contribution in [2.45, 2.75) is 6.92 Å². The molecule has 0 unspecified atom stereocenters. The minimum absolute atomic E-state index is 0.0288. The fraction of sp³-hybridized carbons (Fsp3) is 0.0714. The lowest BCUT2D eigenvalue weighted by molar-refractivity contribution is -0.385. The van der Waals surface area contributed by atoms with Crippen molar-refractivity contribution >= 4 is 51.2 Å². The Morgan fingerprint density at radius 2 is 1.60 bits per heavy atom. The van der Waals surface area contributed by atoms with Crippen molar-refractivity contribution in [3.05, 3.63) is 66.3 Å². The fourth-order valence-electron chi connectivity index (χ4n) is 1.95. The zero-order chi connectivity index (χ0) is 18.7. The number of halogens is 2. The molecule has 2 aromatic carbocycles. The first-order valence-electron chi connectivity index (χ1n) is 6.67. The number of nitrogens with zero attached hydrogens (tertiary/aromatic N) is 3. The lowest BCUT2D eigenvalue weighted by Gasteiger charge is -2.01. The molecule has 25 heavy (non-hydrogen) atoms. The summed E-state index contributed by atoms with van der Waals surface area (Å²) in [7, 11) is 0. The van der Waals surface area contributed by atoms with Gasteiger partial charge in [-0.1, -0.05) is 23.2 Å². The van der Waals surface area contributed by atoms with Crippen molar-refractivity contribution in [1.82, 2.24) is 10.2 Å². The van der Waals surface area contributed by atoms with E-state index in [1.54, 1.807) is 6.92 Å². The van der Waals surface area contributed by atoms with Crippen LogP contribution in [0.5, 0.6) is 0 Å². The minimum Gasteiger partial charge on any atom is -0.397 e. The quantitative estimate of drug-likeness (QED) is 0.384. The SMILES string of the molecule is Cc1cc([N+](=O)[O-])cc(Cl)c1N.O=[N+]([O-])c1cc(Cl)c2[nH]ncc2c1. The van der Waals surface area contributed by atoms with E-state index in [9.17, 15) is 20.2 Å². The highest BCUT2D eigenvalue weighted by Crippen LogP contribution is 2.28. The van der Waals surface area contributed by atoms with Gasteiger partial charge in [0.25, 0.3) is 11.4 Å². The van der Waals surface area contributed by atoms with Crippen LogP contribution >= 0.6 is 23.2 Å². The number of hydrogen-bond acceptors (Lipinski definition) is 6. The van der Waals surface area contributed by atoms with Crippen LogP contribution in [0.25, 0.3) is 10.9 Å². The Morgan fingerprint density at radius 1 is 1.04 bits per heavy atom. The number of nitro groups is 2. The van der Waals surface area contributed by atoms with Crippen LogP contribution in [0.15, 0.2) is 30.5 Å². The van der Waals surface area contributed by atoms with Crippen LogP contribution in [0.2, 0.25) is 10.0 Å². The van der Waals surface area contributed by atoms with Gasteiger partial charge in [-0.15, -0.1) is 0 Å². The average Bonchev–Trinajstić information content (AvgIpc) is 3.01. The maximum Gasteiger partial charge on any atom is 0.271 e. The zero-order valence-electron chi connectivity index (χ0n) is 12.7. The Balaban J connectivity index is 0.000000181. The number of non-ortho nitro benzene ring substituents is 2. The molecule has 130 valence electrons. The molecule has 0 aliphatic carbocycles. The molecule has 0 atom stereocenters. The third-order valence-corrected chi connectivity index (χ3v) is 3.84. The molecule has 1 aromatic heterocycles. The summed E-state index contributed by atoms with van der Waals surface area (Å²) in [5.74, 6) is 0. The number of nitro benzene ring substituents is 2. The van der Waals surface area contributed by atoms with Gasteiger partial charge in [-0.25, -0.2) is 0 Å². The Kier molecular flexibility index (Phi) is 5.40. The molecule has 0 aliphatic heterocycles. The number of nitrogens with two attached hydrogens (primary N) is 1. The summed E-state index contributed by atoms with van der Waals surface area (Å²) in [4.78, 5) is 19.8. The van der Waals surface area contributed by atoms with E-state index < -0.39 is 9.85 Å². The molecule has 0 aliphatic rings. The highest BCUT2D eigenvalue weighted by atomic mass is 35.5. The Bertz CT molecular complexity index is 950. The molecule has 0 fully saturated rings. The van der Waals surface area contributed by atoms with Gasteiger partial charge < -0.3 is 5.73 Å². The summed E-state index contributed by atoms with van der Waals surface area (Å²) < 4.78 is 0. The molecule has 0 saturated heterocycles. The predicted molar refractivity (Wildman–Crippen MR) is 95.0 cm³/mol. The predicted octanol–water partition coefficient (Wildman–Crippen LogP) is 4.26. The normalized spacial score (nSPS) is 10.2. The number of aromatic nitrogens is 2. The Morgan fingerprint density at radius 3 is 2.16 bits per heavy atom. The molecule has 0 bridgehead atoms. The average molecular weight is 384 g/mol. The molecular weight excluding hydrogens is 373 g/mol. The van der Waals surface area contributed by atoms with Gasteiger partial charge in [0.2, 0.25) is 0 Å². The summed E-state index contributed by atoms with van der Waals surface area (Å²) in [6, 6.07) is 5.35. The first-order chi connectivity index (χ1) is 11.7. The van der Waals surface area contributed by atoms with Crippen molar-refractivity contribution in [3.63, 3.8) is 0 Å². The van der Waals surface area contributed by atoms with Gasteiger partial charge in [0.05, 0.1) is 37.3 Å². The number of nitrogen functional groups attached to an aromatic ring is 1. The third kappa shape index (κ3) is 4.14. The van der Waals surface area contributed by atoms with Crippen LogP contribution in [-0.4, -0.2) is 20.0 Å². The second-order valence-electron chi connectivity index (χ2n) is 4.93. The molecule has 0 spiro atoms. The lowest BCUT2D eigenvalue weighted by Crippen LogP contribution is -1.94. The number of nitrogens with one attached hydrogen (secondary N) is 1. The Labute approximate surface area is 150 Å². The standard InChI is InChI=1S/C7H4ClN3O2.C7H7ClN2O2/c8-6-2-5(11(12)13)1-4-3-9-10-7(4)6;1-4-2-5(10(11)12)3-6(8)7(4)9/h1-3H,(H,9,10);2-3H,9H2,1H3. The first-order valence-corrected chi connectivity index (χ1v) is 7.43.